The number of benzene rings is 4. The first kappa shape index (κ1) is 32.5. The third-order valence-corrected chi connectivity index (χ3v) is 9.46. The molecule has 1 fully saturated rings. The van der Waals surface area contributed by atoms with E-state index in [1.807, 2.05) is 90.5 Å². The second-order valence-corrected chi connectivity index (χ2v) is 12.7. The fourth-order valence-electron chi connectivity index (χ4n) is 5.62. The molecule has 2 amide bonds. The summed E-state index contributed by atoms with van der Waals surface area (Å²) in [4.78, 5) is 12.4. The van der Waals surface area contributed by atoms with Gasteiger partial charge in [-0.3, -0.25) is 0 Å². The van der Waals surface area contributed by atoms with Crippen LogP contribution in [0.5, 0.6) is 0 Å². The van der Waals surface area contributed by atoms with Gasteiger partial charge in [0.2, 0.25) is 0 Å². The summed E-state index contributed by atoms with van der Waals surface area (Å²) >= 11 is 1.62. The molecule has 47 heavy (non-hydrogen) atoms. The Morgan fingerprint density at radius 2 is 1.53 bits per heavy atom. The summed E-state index contributed by atoms with van der Waals surface area (Å²) in [5.74, 6) is 0.746. The Morgan fingerprint density at radius 3 is 2.26 bits per heavy atom. The monoisotopic (exact) mass is 649 g/mol. The third-order valence-electron chi connectivity index (χ3n) is 8.34. The lowest BCUT2D eigenvalue weighted by Crippen LogP contribution is -2.38. The lowest BCUT2D eigenvalue weighted by molar-refractivity contribution is -0.268. The van der Waals surface area contributed by atoms with Gasteiger partial charge in [0, 0.05) is 37.4 Å². The molecule has 4 aromatic carbocycles. The number of carbonyl (C=O) groups is 1. The molecule has 0 saturated carbocycles. The van der Waals surface area contributed by atoms with Crippen LogP contribution >= 0.6 is 11.8 Å². The molecule has 242 valence electrons. The van der Waals surface area contributed by atoms with Gasteiger partial charge in [-0.05, 0) is 45.5 Å². The molecule has 0 bridgehead atoms. The van der Waals surface area contributed by atoms with Gasteiger partial charge in [0.05, 0.1) is 18.8 Å². The van der Waals surface area contributed by atoms with E-state index in [4.69, 9.17) is 9.47 Å². The summed E-state index contributed by atoms with van der Waals surface area (Å²) in [5, 5.41) is 24.5. The van der Waals surface area contributed by atoms with Gasteiger partial charge in [-0.15, -0.1) is 10.2 Å². The van der Waals surface area contributed by atoms with Crippen molar-refractivity contribution in [2.24, 2.45) is 13.0 Å². The molecule has 1 aromatic heterocycles. The second kappa shape index (κ2) is 15.4. The summed E-state index contributed by atoms with van der Waals surface area (Å²) in [6.07, 6.45) is 0.779. The zero-order valence-electron chi connectivity index (χ0n) is 26.5. The molecular weight excluding hydrogens is 611 g/mol. The Balaban J connectivity index is 1.17. The largest absolute Gasteiger partial charge is 0.392 e. The summed E-state index contributed by atoms with van der Waals surface area (Å²) in [6, 6.07) is 33.9. The van der Waals surface area contributed by atoms with Crippen LogP contribution < -0.4 is 10.6 Å². The minimum atomic E-state index is -0.586. The van der Waals surface area contributed by atoms with E-state index in [-0.39, 0.29) is 30.8 Å². The van der Waals surface area contributed by atoms with Crippen molar-refractivity contribution in [2.45, 2.75) is 50.3 Å². The van der Waals surface area contributed by atoms with Gasteiger partial charge in [0.1, 0.15) is 6.33 Å². The number of urea groups is 1. The second-order valence-electron chi connectivity index (χ2n) is 11.7. The smallest absolute Gasteiger partial charge is 0.315 e. The molecule has 2 heterocycles. The fourth-order valence-corrected chi connectivity index (χ4v) is 6.67. The van der Waals surface area contributed by atoms with Crippen LogP contribution in [0, 0.1) is 5.92 Å². The van der Waals surface area contributed by atoms with Crippen molar-refractivity contribution in [3.8, 4) is 11.1 Å². The van der Waals surface area contributed by atoms with Gasteiger partial charge in [0.25, 0.3) is 0 Å². The Hall–Kier alpha value is -4.48. The molecule has 10 heteroatoms. The fraction of sp³-hybridized carbons (Fsp3) is 0.270. The van der Waals surface area contributed by atoms with E-state index >= 15 is 0 Å². The first-order chi connectivity index (χ1) is 23.0. The van der Waals surface area contributed by atoms with Crippen molar-refractivity contribution in [2.75, 3.05) is 5.75 Å². The van der Waals surface area contributed by atoms with Crippen LogP contribution in [0.4, 0.5) is 4.79 Å². The molecule has 4 unspecified atom stereocenters. The van der Waals surface area contributed by atoms with Crippen LogP contribution in [0.15, 0.2) is 115 Å². The van der Waals surface area contributed by atoms with Crippen LogP contribution in [0.3, 0.4) is 0 Å². The number of amides is 2. The lowest BCUT2D eigenvalue weighted by Gasteiger charge is -2.41. The van der Waals surface area contributed by atoms with Crippen molar-refractivity contribution in [1.29, 1.82) is 0 Å². The average Bonchev–Trinajstić information content (AvgIpc) is 3.54. The number of carbonyl (C=O) groups excluding carboxylic acids is 1. The highest BCUT2D eigenvalue weighted by atomic mass is 32.2. The number of aromatic nitrogens is 3. The van der Waals surface area contributed by atoms with Crippen molar-refractivity contribution in [3.63, 3.8) is 0 Å². The van der Waals surface area contributed by atoms with Crippen LogP contribution in [-0.2, 0) is 36.2 Å². The third kappa shape index (κ3) is 8.28. The van der Waals surface area contributed by atoms with E-state index in [9.17, 15) is 9.90 Å². The first-order valence-electron chi connectivity index (χ1n) is 15.7. The van der Waals surface area contributed by atoms with Crippen LogP contribution in [0.1, 0.15) is 47.1 Å². The van der Waals surface area contributed by atoms with Crippen LogP contribution in [-0.4, -0.2) is 37.8 Å². The van der Waals surface area contributed by atoms with Crippen LogP contribution in [0.25, 0.3) is 11.1 Å². The highest BCUT2D eigenvalue weighted by Crippen LogP contribution is 2.43. The molecule has 5 aromatic rings. The number of hydrogen-bond acceptors (Lipinski definition) is 7. The quantitative estimate of drug-likeness (QED) is 0.139. The summed E-state index contributed by atoms with van der Waals surface area (Å²) in [5.41, 5.74) is 6.92. The van der Waals surface area contributed by atoms with Gasteiger partial charge >= 0.3 is 6.03 Å². The van der Waals surface area contributed by atoms with E-state index in [1.54, 1.807) is 18.1 Å². The molecule has 3 N–H and O–H groups in total. The standard InChI is InChI=1S/C37H39N5O4S/c1-25-33(23-47-37-41-40-24-42(37)2)45-35(46-34(25)29-16-14-27(22-43)15-17-29)32-13-7-12-31(19-32)30-11-6-10-28(18-30)21-39-36(44)38-20-26-8-4-3-5-9-26/h3-19,24-25,33-35,43H,20-23H2,1-2H3,(H2,38,39,44). The number of nitrogens with zero attached hydrogens (tertiary/aromatic N) is 3. The molecular formula is C37H39N5O4S. The minimum Gasteiger partial charge on any atom is -0.392 e. The Bertz CT molecular complexity index is 1760. The van der Waals surface area contributed by atoms with Crippen molar-refractivity contribution in [3.05, 3.63) is 137 Å². The highest BCUT2D eigenvalue weighted by Gasteiger charge is 2.38. The maximum atomic E-state index is 12.4. The van der Waals surface area contributed by atoms with Crippen molar-refractivity contribution >= 4 is 17.8 Å². The Morgan fingerprint density at radius 1 is 0.830 bits per heavy atom. The van der Waals surface area contributed by atoms with Gasteiger partial charge in [-0.2, -0.15) is 0 Å². The van der Waals surface area contributed by atoms with E-state index in [0.717, 1.165) is 44.1 Å². The highest BCUT2D eigenvalue weighted by molar-refractivity contribution is 7.99. The number of aryl methyl sites for hydroxylation is 1. The molecule has 1 aliphatic heterocycles. The first-order valence-corrected chi connectivity index (χ1v) is 16.7. The number of aliphatic hydroxyl groups is 1. The molecule has 0 radical (unpaired) electrons. The number of thioether (sulfide) groups is 1. The maximum Gasteiger partial charge on any atom is 0.315 e. The van der Waals surface area contributed by atoms with Crippen molar-refractivity contribution < 1.29 is 19.4 Å². The molecule has 0 aliphatic carbocycles. The topological polar surface area (TPSA) is 111 Å². The van der Waals surface area contributed by atoms with Gasteiger partial charge in [-0.25, -0.2) is 4.79 Å². The number of hydrogen-bond donors (Lipinski definition) is 3. The predicted octanol–water partition coefficient (Wildman–Crippen LogP) is 6.56. The SMILES string of the molecule is CC1C(CSc2nncn2C)OC(c2cccc(-c3cccc(CNC(=O)NCc4ccccc4)c3)c2)OC1c1ccc(CO)cc1. The van der Waals surface area contributed by atoms with Crippen molar-refractivity contribution in [1.82, 2.24) is 25.4 Å². The molecule has 0 spiro atoms. The lowest BCUT2D eigenvalue weighted by atomic mass is 9.91. The zero-order valence-corrected chi connectivity index (χ0v) is 27.3. The summed E-state index contributed by atoms with van der Waals surface area (Å²) in [6.45, 7) is 3.02. The van der Waals surface area contributed by atoms with Gasteiger partial charge < -0.3 is 29.8 Å². The van der Waals surface area contributed by atoms with E-state index < -0.39 is 6.29 Å². The van der Waals surface area contributed by atoms with Gasteiger partial charge in [0.15, 0.2) is 11.4 Å². The maximum absolute atomic E-state index is 12.4. The minimum absolute atomic E-state index is 0.00440. The van der Waals surface area contributed by atoms with Gasteiger partial charge in [-0.1, -0.05) is 110 Å². The molecule has 1 saturated heterocycles. The number of aliphatic hydroxyl groups excluding tert-OH is 1. The van der Waals surface area contributed by atoms with Crippen LogP contribution in [0.2, 0.25) is 0 Å². The van der Waals surface area contributed by atoms with E-state index in [1.165, 1.54) is 0 Å². The zero-order chi connectivity index (χ0) is 32.6. The number of ether oxygens (including phenoxy) is 2. The van der Waals surface area contributed by atoms with E-state index in [0.29, 0.717) is 18.8 Å². The molecule has 4 atom stereocenters. The normalized spacial score (nSPS) is 19.3. The summed E-state index contributed by atoms with van der Waals surface area (Å²) in [7, 11) is 1.93. The average molecular weight is 650 g/mol. The summed E-state index contributed by atoms with van der Waals surface area (Å²) < 4.78 is 15.3. The number of nitrogens with one attached hydrogen (secondary N) is 2. The van der Waals surface area contributed by atoms with E-state index in [2.05, 4.69) is 52.0 Å². The molecule has 6 rings (SSSR count). The Labute approximate surface area is 279 Å². The molecule has 9 nitrogen and oxygen atoms in total. The predicted molar refractivity (Wildman–Crippen MR) is 182 cm³/mol. The molecule has 1 aliphatic rings. The Kier molecular flexibility index (Phi) is 10.6. The number of rotatable bonds is 11.